The fourth-order valence-electron chi connectivity index (χ4n) is 9.17. The van der Waals surface area contributed by atoms with Gasteiger partial charge in [-0.15, -0.1) is 0 Å². The summed E-state index contributed by atoms with van der Waals surface area (Å²) in [5, 5.41) is 11.6. The van der Waals surface area contributed by atoms with Crippen molar-refractivity contribution < 1.29 is 8.83 Å². The van der Waals surface area contributed by atoms with Gasteiger partial charge in [-0.1, -0.05) is 164 Å². The Labute approximate surface area is 328 Å². The van der Waals surface area contributed by atoms with E-state index in [1.807, 2.05) is 18.2 Å². The van der Waals surface area contributed by atoms with Crippen molar-refractivity contribution in [2.24, 2.45) is 0 Å². The lowest BCUT2D eigenvalue weighted by Gasteiger charge is -2.31. The molecule has 0 atom stereocenters. The van der Waals surface area contributed by atoms with Crippen LogP contribution >= 0.6 is 0 Å². The summed E-state index contributed by atoms with van der Waals surface area (Å²) in [5.41, 5.74) is 11.2. The summed E-state index contributed by atoms with van der Waals surface area (Å²) in [7, 11) is 0. The van der Waals surface area contributed by atoms with Gasteiger partial charge in [0.2, 0.25) is 0 Å². The molecule has 0 fully saturated rings. The zero-order valence-electron chi connectivity index (χ0n) is 30.8. The van der Waals surface area contributed by atoms with Gasteiger partial charge in [-0.3, -0.25) is 0 Å². The predicted molar refractivity (Wildman–Crippen MR) is 239 cm³/mol. The molecule has 2 heterocycles. The second kappa shape index (κ2) is 12.5. The summed E-state index contributed by atoms with van der Waals surface area (Å²) < 4.78 is 13.1. The molecule has 0 saturated heterocycles. The van der Waals surface area contributed by atoms with Gasteiger partial charge in [-0.05, 0) is 74.5 Å². The van der Waals surface area contributed by atoms with E-state index in [0.29, 0.717) is 0 Å². The van der Waals surface area contributed by atoms with Gasteiger partial charge < -0.3 is 13.7 Å². The third kappa shape index (κ3) is 4.79. The van der Waals surface area contributed by atoms with Crippen molar-refractivity contribution in [2.75, 3.05) is 4.90 Å². The van der Waals surface area contributed by atoms with Crippen LogP contribution in [0.5, 0.6) is 0 Å². The molecule has 10 aromatic carbocycles. The maximum absolute atomic E-state index is 6.55. The first kappa shape index (κ1) is 31.7. The van der Waals surface area contributed by atoms with Crippen LogP contribution in [0.2, 0.25) is 0 Å². The van der Waals surface area contributed by atoms with E-state index in [-0.39, 0.29) is 0 Å². The minimum absolute atomic E-state index is 0.851. The molecule has 0 N–H and O–H groups in total. The molecule has 3 nitrogen and oxygen atoms in total. The molecule has 2 aromatic heterocycles. The zero-order chi connectivity index (χ0) is 37.5. The largest absolute Gasteiger partial charge is 0.456 e. The van der Waals surface area contributed by atoms with E-state index in [9.17, 15) is 0 Å². The highest BCUT2D eigenvalue weighted by Gasteiger charge is 2.27. The predicted octanol–water partition coefficient (Wildman–Crippen LogP) is 15.7. The topological polar surface area (TPSA) is 29.5 Å². The second-order valence-corrected chi connectivity index (χ2v) is 14.8. The van der Waals surface area contributed by atoms with Gasteiger partial charge in [0, 0.05) is 38.4 Å². The van der Waals surface area contributed by atoms with Crippen molar-refractivity contribution in [3.8, 4) is 22.3 Å². The van der Waals surface area contributed by atoms with Crippen LogP contribution in [0.1, 0.15) is 0 Å². The molecule has 0 aliphatic carbocycles. The highest BCUT2D eigenvalue weighted by molar-refractivity contribution is 6.26. The highest BCUT2D eigenvalue weighted by Crippen LogP contribution is 2.52. The number of anilines is 3. The Hall–Kier alpha value is -7.62. The SMILES string of the molecule is c1ccc2c(-c3c(N(c4ccc(-c5cccc6c5oc5ccccc56)cc4)c4cccc5oc6ccccc6c45)c4ccccc4c4ccccc34)cccc2c1. The van der Waals surface area contributed by atoms with E-state index in [0.717, 1.165) is 72.1 Å². The van der Waals surface area contributed by atoms with Crippen molar-refractivity contribution in [3.05, 3.63) is 200 Å². The number of hydrogen-bond donors (Lipinski definition) is 0. The molecule has 0 spiro atoms. The van der Waals surface area contributed by atoms with Crippen LogP contribution < -0.4 is 4.90 Å². The highest BCUT2D eigenvalue weighted by atomic mass is 16.3. The van der Waals surface area contributed by atoms with Gasteiger partial charge in [0.15, 0.2) is 0 Å². The molecular formula is C54H33NO2. The molecule has 57 heavy (non-hydrogen) atoms. The van der Waals surface area contributed by atoms with Crippen LogP contribution in [0, 0.1) is 0 Å². The Balaban J connectivity index is 1.20. The summed E-state index contributed by atoms with van der Waals surface area (Å²) in [5.74, 6) is 0. The second-order valence-electron chi connectivity index (χ2n) is 14.8. The molecule has 12 rings (SSSR count). The number of para-hydroxylation sites is 3. The summed E-state index contributed by atoms with van der Waals surface area (Å²) >= 11 is 0. The lowest BCUT2D eigenvalue weighted by molar-refractivity contribution is 0.669. The molecule has 0 radical (unpaired) electrons. The normalized spacial score (nSPS) is 11.9. The molecule has 0 bridgehead atoms. The first-order chi connectivity index (χ1) is 28.3. The number of rotatable bonds is 5. The van der Waals surface area contributed by atoms with Crippen LogP contribution in [-0.4, -0.2) is 0 Å². The number of fused-ring (bicyclic) bond motifs is 10. The summed E-state index contributed by atoms with van der Waals surface area (Å²) in [4.78, 5) is 2.47. The van der Waals surface area contributed by atoms with Gasteiger partial charge in [0.1, 0.15) is 22.3 Å². The zero-order valence-corrected chi connectivity index (χ0v) is 30.8. The van der Waals surface area contributed by atoms with Crippen LogP contribution in [0.15, 0.2) is 209 Å². The molecule has 0 unspecified atom stereocenters. The lowest BCUT2D eigenvalue weighted by Crippen LogP contribution is -2.13. The third-order valence-corrected chi connectivity index (χ3v) is 11.7. The molecule has 3 heteroatoms. The Morgan fingerprint density at radius 2 is 0.877 bits per heavy atom. The van der Waals surface area contributed by atoms with Crippen molar-refractivity contribution in [3.63, 3.8) is 0 Å². The van der Waals surface area contributed by atoms with Gasteiger partial charge >= 0.3 is 0 Å². The maximum atomic E-state index is 6.55. The van der Waals surface area contributed by atoms with E-state index in [1.54, 1.807) is 0 Å². The molecule has 12 aromatic rings. The van der Waals surface area contributed by atoms with E-state index >= 15 is 0 Å². The number of benzene rings is 10. The van der Waals surface area contributed by atoms with E-state index in [4.69, 9.17) is 8.83 Å². The van der Waals surface area contributed by atoms with E-state index in [2.05, 4.69) is 187 Å². The van der Waals surface area contributed by atoms with Crippen molar-refractivity contribution >= 4 is 93.3 Å². The quantitative estimate of drug-likeness (QED) is 0.165. The smallest absolute Gasteiger partial charge is 0.143 e. The Morgan fingerprint density at radius 1 is 0.333 bits per heavy atom. The van der Waals surface area contributed by atoms with Gasteiger partial charge in [0.05, 0.1) is 16.8 Å². The third-order valence-electron chi connectivity index (χ3n) is 11.7. The average molecular weight is 728 g/mol. The monoisotopic (exact) mass is 727 g/mol. The lowest BCUT2D eigenvalue weighted by atomic mass is 9.87. The van der Waals surface area contributed by atoms with Gasteiger partial charge in [-0.25, -0.2) is 0 Å². The van der Waals surface area contributed by atoms with Gasteiger partial charge in [-0.2, -0.15) is 0 Å². The van der Waals surface area contributed by atoms with E-state index < -0.39 is 0 Å². The fourth-order valence-corrected chi connectivity index (χ4v) is 9.17. The van der Waals surface area contributed by atoms with Crippen LogP contribution in [0.4, 0.5) is 17.1 Å². The Bertz CT molecular complexity index is 3530. The molecular weight excluding hydrogens is 695 g/mol. The number of hydrogen-bond acceptors (Lipinski definition) is 3. The van der Waals surface area contributed by atoms with Crippen molar-refractivity contribution in [1.82, 2.24) is 0 Å². The van der Waals surface area contributed by atoms with Crippen molar-refractivity contribution in [1.29, 1.82) is 0 Å². The minimum atomic E-state index is 0.851. The first-order valence-corrected chi connectivity index (χ1v) is 19.4. The minimum Gasteiger partial charge on any atom is -0.456 e. The summed E-state index contributed by atoms with van der Waals surface area (Å²) in [6, 6.07) is 71.6. The first-order valence-electron chi connectivity index (χ1n) is 19.4. The van der Waals surface area contributed by atoms with E-state index in [1.165, 1.54) is 43.4 Å². The molecule has 0 saturated carbocycles. The molecule has 0 aliphatic rings. The van der Waals surface area contributed by atoms with Crippen molar-refractivity contribution in [2.45, 2.75) is 0 Å². The molecule has 0 amide bonds. The van der Waals surface area contributed by atoms with Crippen LogP contribution in [0.25, 0.3) is 98.4 Å². The maximum Gasteiger partial charge on any atom is 0.143 e. The Kier molecular flexibility index (Phi) is 6.93. The number of nitrogens with zero attached hydrogens (tertiary/aromatic N) is 1. The van der Waals surface area contributed by atoms with Gasteiger partial charge in [0.25, 0.3) is 0 Å². The molecule has 266 valence electrons. The molecule has 0 aliphatic heterocycles. The standard InChI is InChI=1S/C54H33NO2/c1-2-16-37-34(14-1)15-11-24-42(37)51-43-20-5-3-17-39(43)40-18-4-6-21-44(40)53(51)55(47-26-13-29-50-52(47)46-22-8-10-28-49(46)56-50)36-32-30-35(31-33-36)38-23-12-25-45-41-19-7-9-27-48(41)57-54(38)45/h1-33H. The summed E-state index contributed by atoms with van der Waals surface area (Å²) in [6.45, 7) is 0. The summed E-state index contributed by atoms with van der Waals surface area (Å²) in [6.07, 6.45) is 0. The average Bonchev–Trinajstić information content (AvgIpc) is 3.86. The number of furan rings is 2. The fraction of sp³-hybridized carbons (Fsp3) is 0. The van der Waals surface area contributed by atoms with Crippen LogP contribution in [-0.2, 0) is 0 Å². The Morgan fingerprint density at radius 3 is 1.68 bits per heavy atom. The van der Waals surface area contributed by atoms with Crippen LogP contribution in [0.3, 0.4) is 0 Å².